The number of benzene rings is 2. The molecule has 0 aromatic heterocycles. The zero-order valence-corrected chi connectivity index (χ0v) is 70.1. The Morgan fingerprint density at radius 1 is 0.419 bits per heavy atom. The highest BCUT2D eigenvalue weighted by atomic mass is 32.2. The molecule has 1 aliphatic rings. The van der Waals surface area contributed by atoms with Crippen LogP contribution >= 0.6 is 11.8 Å². The number of carboxylic acids is 5. The lowest BCUT2D eigenvalue weighted by Crippen LogP contribution is -2.58. The van der Waals surface area contributed by atoms with Gasteiger partial charge in [-0.2, -0.15) is 0 Å². The second-order valence-electron chi connectivity index (χ2n) is 29.3. The van der Waals surface area contributed by atoms with Gasteiger partial charge in [-0.1, -0.05) is 79.9 Å². The monoisotopic (exact) mass is 1770 g/mol. The Balaban J connectivity index is 1.40. The number of carbonyl (C=O) groups excluding carboxylic acids is 15. The molecule has 1 aliphatic heterocycles. The van der Waals surface area contributed by atoms with Gasteiger partial charge in [0.05, 0.1) is 11.7 Å². The second-order valence-corrected chi connectivity index (χ2v) is 30.5. The maximum Gasteiger partial charge on any atom is 0.327 e. The first kappa shape index (κ1) is 106. The van der Waals surface area contributed by atoms with Gasteiger partial charge < -0.3 is 89.8 Å². The van der Waals surface area contributed by atoms with Crippen LogP contribution in [0.5, 0.6) is 0 Å². The Labute approximate surface area is 719 Å². The van der Waals surface area contributed by atoms with Gasteiger partial charge in [-0.05, 0) is 94.6 Å². The van der Waals surface area contributed by atoms with Crippen LogP contribution in [0.15, 0.2) is 60.7 Å². The number of urea groups is 1. The third-order valence-electron chi connectivity index (χ3n) is 19.1. The molecule has 21 N–H and O–H groups in total. The van der Waals surface area contributed by atoms with Crippen molar-refractivity contribution in [2.45, 2.75) is 234 Å². The fourth-order valence-electron chi connectivity index (χ4n) is 12.1. The van der Waals surface area contributed by atoms with Crippen LogP contribution in [0, 0.1) is 0 Å². The lowest BCUT2D eigenvalue weighted by atomic mass is 10.0. The maximum atomic E-state index is 14.2. The van der Waals surface area contributed by atoms with E-state index in [1.165, 1.54) is 6.92 Å². The topological polar surface area (TPSA) is 675 Å². The van der Waals surface area contributed by atoms with Crippen molar-refractivity contribution in [2.75, 3.05) is 64.7 Å². The molecule has 16 amide bonds. The summed E-state index contributed by atoms with van der Waals surface area (Å²) in [5.41, 5.74) is 7.38. The predicted molar refractivity (Wildman–Crippen MR) is 438 cm³/mol. The summed E-state index contributed by atoms with van der Waals surface area (Å²) in [5, 5.41) is 105. The number of nitrogens with zero attached hydrogens (tertiary/aromatic N) is 4. The van der Waals surface area contributed by atoms with Crippen molar-refractivity contribution in [1.29, 1.82) is 0 Å². The number of carboxylic acid groups (broad SMARTS) is 5. The average molecular weight is 1770 g/mol. The van der Waals surface area contributed by atoms with Gasteiger partial charge in [0.1, 0.15) is 42.3 Å². The molecule has 44 nitrogen and oxygen atoms in total. The average Bonchev–Trinajstić information content (AvgIpc) is 1.57. The molecule has 1 saturated heterocycles. The second kappa shape index (κ2) is 59.7. The number of rotatable bonds is 65. The summed E-state index contributed by atoms with van der Waals surface area (Å²) < 4.78 is 0. The Morgan fingerprint density at radius 3 is 1.30 bits per heavy atom. The fraction of sp³-hybridized carbons (Fsp3) is 0.595. The van der Waals surface area contributed by atoms with Gasteiger partial charge in [-0.25, -0.2) is 34.4 Å². The summed E-state index contributed by atoms with van der Waals surface area (Å²) in [6.45, 7) is 1.34. The van der Waals surface area contributed by atoms with E-state index in [4.69, 9.17) is 10.8 Å². The number of hydroxylamine groups is 6. The summed E-state index contributed by atoms with van der Waals surface area (Å²) in [4.78, 5) is 252. The molecule has 2 aromatic carbocycles. The van der Waals surface area contributed by atoms with Crippen LogP contribution in [0.25, 0.3) is 0 Å². The highest BCUT2D eigenvalue weighted by Crippen LogP contribution is 2.26. The molecule has 124 heavy (non-hydrogen) atoms. The Morgan fingerprint density at radius 2 is 0.831 bits per heavy atom. The highest BCUT2D eigenvalue weighted by Gasteiger charge is 2.41. The summed E-state index contributed by atoms with van der Waals surface area (Å²) >= 11 is 0.682. The van der Waals surface area contributed by atoms with Crippen molar-refractivity contribution in [3.8, 4) is 0 Å². The highest BCUT2D eigenvalue weighted by molar-refractivity contribution is 8.00. The van der Waals surface area contributed by atoms with Crippen molar-refractivity contribution < 1.29 is 137 Å². The van der Waals surface area contributed by atoms with Crippen LogP contribution in [0.4, 0.5) is 4.79 Å². The zero-order valence-electron chi connectivity index (χ0n) is 69.3. The number of nitrogens with two attached hydrogens (primary N) is 1. The summed E-state index contributed by atoms with van der Waals surface area (Å²) in [5.74, 6) is -17.8. The maximum absolute atomic E-state index is 14.2. The third kappa shape index (κ3) is 45.8. The van der Waals surface area contributed by atoms with Gasteiger partial charge in [-0.15, -0.1) is 11.8 Å². The van der Waals surface area contributed by atoms with E-state index in [1.807, 2.05) is 5.32 Å². The van der Waals surface area contributed by atoms with E-state index in [-0.39, 0.29) is 116 Å². The van der Waals surface area contributed by atoms with Crippen molar-refractivity contribution in [3.05, 3.63) is 71.8 Å². The van der Waals surface area contributed by atoms with E-state index in [0.29, 0.717) is 135 Å². The standard InChI is InChI=1S/C79H118N16O28S/c1-50(96)93(121)40-19-7-16-37-82-62(98)30-32-66(102)94(122)41-20-8-17-38-83-63(99)31-33-67(103)95(123)42-21-9-18-39-84-64(100)35-43-92-68(104)47-60(75(92)113)124-49-59(78(118)119)89-74(112)58(46-70(107)108)87-71(109)53(80)48-85-72(110)56(44-51-22-10-5-11-23-51)88-73(111)57(45-52-24-12-6-13-25-52)86-65(101)26-14-3-2-4-15-36-81-61(97)29-27-54(76(114)115)90-79(120)91-55(77(116)117)28-34-69(105)106/h5-6,10-13,22-25,53-60,121-123H,2-4,7-9,14-21,26-49,80H2,1H3,(H,81,97)(H,82,98)(H,83,99)(H,84,100)(H,85,110)(H,86,101)(H,87,109)(H,88,111)(H,89,112)(H,105,106)(H,107,108)(H,114,115)(H,116,117)(H,118,119)(H2,90,91,120)/t53-,54-,55-,56-,57-,58-,59-,60?/m0/s1. The van der Waals surface area contributed by atoms with Crippen molar-refractivity contribution in [2.24, 2.45) is 5.73 Å². The van der Waals surface area contributed by atoms with E-state index in [0.717, 1.165) is 4.90 Å². The zero-order chi connectivity index (χ0) is 92.1. The first-order valence-electron chi connectivity index (χ1n) is 40.9. The number of amides is 16. The number of hydrogen-bond donors (Lipinski definition) is 20. The molecule has 8 atom stereocenters. The van der Waals surface area contributed by atoms with E-state index in [9.17, 15) is 132 Å². The number of likely N-dealkylation sites (tertiary alicyclic amines) is 1. The molecular formula is C79H118N16O28S. The number of aliphatic carboxylic acids is 5. The smallest absolute Gasteiger partial charge is 0.327 e. The minimum Gasteiger partial charge on any atom is -0.481 e. The molecule has 0 spiro atoms. The summed E-state index contributed by atoms with van der Waals surface area (Å²) in [6, 6.07) is 4.62. The number of thioether (sulfide) groups is 1. The number of carbonyl (C=O) groups is 20. The molecule has 1 unspecified atom stereocenters. The molecular weight excluding hydrogens is 1650 g/mol. The lowest BCUT2D eigenvalue weighted by Gasteiger charge is -2.25. The molecule has 0 radical (unpaired) electrons. The SMILES string of the molecule is CC(=O)N(O)CCCCCNC(=O)CCC(=O)N(O)CCCCCNC(=O)CCC(=O)N(O)CCCCCNC(=O)CCN1C(=O)CC(SC[C@H](NC(=O)[C@H](CC(=O)O)NC(=O)[C@@H](N)CNC(=O)[C@H](Cc2ccccc2)NC(=O)[C@H](Cc2ccccc2)NC(=O)CCCCCCCNC(=O)CC[C@H](NC(=O)N[C@@H](CCC(=O)O)C(=O)O)C(=O)O)C(=O)O)C1=O. The number of unbranched alkanes of at least 4 members (excludes halogenated alkanes) is 10. The van der Waals surface area contributed by atoms with E-state index in [1.54, 1.807) is 60.7 Å². The van der Waals surface area contributed by atoms with Crippen LogP contribution < -0.4 is 64.2 Å². The van der Waals surface area contributed by atoms with Crippen molar-refractivity contribution in [3.63, 3.8) is 0 Å². The predicted octanol–water partition coefficient (Wildman–Crippen LogP) is -0.935. The fourth-order valence-corrected chi connectivity index (χ4v) is 13.2. The molecule has 3 rings (SSSR count). The minimum absolute atomic E-state index is 0.0102. The number of nitrogens with one attached hydrogen (secondary N) is 11. The van der Waals surface area contributed by atoms with Gasteiger partial charge in [0.15, 0.2) is 0 Å². The van der Waals surface area contributed by atoms with Gasteiger partial charge in [-0.3, -0.25) is 97.2 Å². The van der Waals surface area contributed by atoms with Gasteiger partial charge in [0, 0.05) is 142 Å². The first-order chi connectivity index (χ1) is 58.9. The molecule has 1 heterocycles. The molecule has 0 bridgehead atoms. The van der Waals surface area contributed by atoms with Crippen LogP contribution in [0.2, 0.25) is 0 Å². The molecule has 0 saturated carbocycles. The lowest BCUT2D eigenvalue weighted by molar-refractivity contribution is -0.166. The van der Waals surface area contributed by atoms with Crippen LogP contribution in [0.1, 0.15) is 185 Å². The normalized spacial score (nSPS) is 13.9. The Hall–Kier alpha value is -12.0. The molecule has 45 heteroatoms. The van der Waals surface area contributed by atoms with Gasteiger partial charge in [0.25, 0.3) is 0 Å². The summed E-state index contributed by atoms with van der Waals surface area (Å²) in [7, 11) is 0. The molecule has 688 valence electrons. The minimum atomic E-state index is -1.96. The number of imide groups is 1. The van der Waals surface area contributed by atoms with E-state index in [2.05, 4.69) is 53.2 Å². The van der Waals surface area contributed by atoms with Crippen LogP contribution in [0.3, 0.4) is 0 Å². The summed E-state index contributed by atoms with van der Waals surface area (Å²) in [6.07, 6.45) is 2.67. The first-order valence-corrected chi connectivity index (χ1v) is 42.0. The quantitative estimate of drug-likeness (QED) is 0.0165. The largest absolute Gasteiger partial charge is 0.481 e. The Bertz CT molecular complexity index is 3890. The van der Waals surface area contributed by atoms with Crippen LogP contribution in [-0.4, -0.2) is 292 Å². The van der Waals surface area contributed by atoms with Crippen LogP contribution in [-0.2, 0) is 104 Å². The third-order valence-corrected chi connectivity index (χ3v) is 20.4. The van der Waals surface area contributed by atoms with E-state index >= 15 is 0 Å². The molecule has 2 aromatic rings. The molecule has 1 fully saturated rings. The van der Waals surface area contributed by atoms with Crippen molar-refractivity contribution >= 4 is 130 Å². The number of hydrogen-bond acceptors (Lipinski definition) is 25. The Kier molecular flexibility index (Phi) is 51.2. The molecule has 0 aliphatic carbocycles. The van der Waals surface area contributed by atoms with Gasteiger partial charge in [0.2, 0.25) is 82.7 Å². The van der Waals surface area contributed by atoms with Crippen molar-refractivity contribution in [1.82, 2.24) is 78.6 Å². The van der Waals surface area contributed by atoms with E-state index < -0.39 is 198 Å². The van der Waals surface area contributed by atoms with Gasteiger partial charge >= 0.3 is 35.9 Å².